The van der Waals surface area contributed by atoms with Gasteiger partial charge in [0.2, 0.25) is 0 Å². The summed E-state index contributed by atoms with van der Waals surface area (Å²) in [4.78, 5) is 28.5. The van der Waals surface area contributed by atoms with E-state index in [1.807, 2.05) is 25.1 Å². The van der Waals surface area contributed by atoms with Gasteiger partial charge < -0.3 is 25.2 Å². The monoisotopic (exact) mass is 382 g/mol. The van der Waals surface area contributed by atoms with Crippen LogP contribution in [0, 0.1) is 0 Å². The normalized spacial score (nSPS) is 13.8. The molecule has 0 saturated carbocycles. The van der Waals surface area contributed by atoms with Crippen molar-refractivity contribution in [2.45, 2.75) is 6.92 Å². The van der Waals surface area contributed by atoms with Crippen LogP contribution in [0.3, 0.4) is 0 Å². The smallest absolute Gasteiger partial charge is 0.337 e. The molecule has 2 amide bonds. The fraction of sp³-hybridized carbons (Fsp3) is 0.333. The third-order valence-electron chi connectivity index (χ3n) is 4.75. The first-order chi connectivity index (χ1) is 13.6. The molecule has 0 bridgehead atoms. The fourth-order valence-corrected chi connectivity index (χ4v) is 3.32. The maximum Gasteiger partial charge on any atom is 0.337 e. The maximum absolute atomic E-state index is 12.0. The van der Waals surface area contributed by atoms with Gasteiger partial charge in [-0.25, -0.2) is 9.59 Å². The molecule has 3 rings (SSSR count). The Hall–Kier alpha value is -3.22. The quantitative estimate of drug-likeness (QED) is 0.778. The topological polar surface area (TPSA) is 73.9 Å². The molecule has 0 atom stereocenters. The largest absolute Gasteiger partial charge is 0.465 e. The first-order valence-electron chi connectivity index (χ1n) is 9.44. The van der Waals surface area contributed by atoms with Gasteiger partial charge in [-0.15, -0.1) is 0 Å². The van der Waals surface area contributed by atoms with E-state index in [-0.39, 0.29) is 6.03 Å². The zero-order valence-electron chi connectivity index (χ0n) is 16.3. The Morgan fingerprint density at radius 2 is 1.68 bits per heavy atom. The number of nitrogens with one attached hydrogen (secondary N) is 2. The van der Waals surface area contributed by atoms with Crippen molar-refractivity contribution in [3.63, 3.8) is 0 Å². The minimum absolute atomic E-state index is 0.266. The molecule has 0 aliphatic carbocycles. The highest BCUT2D eigenvalue weighted by Gasteiger charge is 2.21. The number of hydrogen-bond donors (Lipinski definition) is 2. The molecule has 1 aliphatic heterocycles. The minimum atomic E-state index is -0.395. The molecule has 0 aromatic heterocycles. The van der Waals surface area contributed by atoms with Crippen molar-refractivity contribution in [3.05, 3.63) is 54.1 Å². The maximum atomic E-state index is 12.0. The molecule has 0 radical (unpaired) electrons. The van der Waals surface area contributed by atoms with Crippen LogP contribution in [-0.2, 0) is 4.74 Å². The lowest BCUT2D eigenvalue weighted by molar-refractivity contribution is 0.0601. The molecule has 0 unspecified atom stereocenters. The predicted molar refractivity (Wildman–Crippen MR) is 111 cm³/mol. The van der Waals surface area contributed by atoms with Crippen LogP contribution in [0.4, 0.5) is 21.9 Å². The molecular weight excluding hydrogens is 356 g/mol. The SMILES string of the molecule is CCNC(=O)Nc1ccc(C(=O)OC)cc1N1CCN(c2ccccc2)CC1. The Morgan fingerprint density at radius 1 is 1.00 bits per heavy atom. The molecule has 7 heteroatoms. The molecule has 1 heterocycles. The summed E-state index contributed by atoms with van der Waals surface area (Å²) in [6.07, 6.45) is 0. The molecule has 28 heavy (non-hydrogen) atoms. The molecule has 2 aromatic rings. The fourth-order valence-electron chi connectivity index (χ4n) is 3.32. The predicted octanol–water partition coefficient (Wildman–Crippen LogP) is 2.94. The number of nitrogens with zero attached hydrogens (tertiary/aromatic N) is 2. The lowest BCUT2D eigenvalue weighted by Gasteiger charge is -2.38. The van der Waals surface area contributed by atoms with Crippen LogP contribution in [0.25, 0.3) is 0 Å². The molecule has 1 fully saturated rings. The van der Waals surface area contributed by atoms with E-state index in [2.05, 4.69) is 32.6 Å². The van der Waals surface area contributed by atoms with Crippen LogP contribution in [0.1, 0.15) is 17.3 Å². The van der Waals surface area contributed by atoms with Gasteiger partial charge in [-0.05, 0) is 37.3 Å². The van der Waals surface area contributed by atoms with Crippen molar-refractivity contribution < 1.29 is 14.3 Å². The van der Waals surface area contributed by atoms with Gasteiger partial charge >= 0.3 is 12.0 Å². The van der Waals surface area contributed by atoms with Crippen molar-refractivity contribution >= 4 is 29.1 Å². The number of urea groups is 1. The molecule has 1 aliphatic rings. The molecule has 0 spiro atoms. The van der Waals surface area contributed by atoms with Gasteiger partial charge in [0.15, 0.2) is 0 Å². The van der Waals surface area contributed by atoms with Crippen molar-refractivity contribution in [3.8, 4) is 0 Å². The van der Waals surface area contributed by atoms with E-state index in [0.29, 0.717) is 17.8 Å². The van der Waals surface area contributed by atoms with Crippen LogP contribution >= 0.6 is 0 Å². The number of hydrogen-bond acceptors (Lipinski definition) is 5. The summed E-state index contributed by atoms with van der Waals surface area (Å²) in [5, 5.41) is 5.61. The number of carbonyl (C=O) groups is 2. The number of amides is 2. The summed E-state index contributed by atoms with van der Waals surface area (Å²) < 4.78 is 4.85. The van der Waals surface area contributed by atoms with Crippen LogP contribution < -0.4 is 20.4 Å². The third-order valence-corrected chi connectivity index (χ3v) is 4.75. The van der Waals surface area contributed by atoms with Crippen molar-refractivity contribution in [2.24, 2.45) is 0 Å². The molecule has 2 N–H and O–H groups in total. The Balaban J connectivity index is 1.80. The Morgan fingerprint density at radius 3 is 2.32 bits per heavy atom. The van der Waals surface area contributed by atoms with Crippen LogP contribution in [0.2, 0.25) is 0 Å². The molecule has 1 saturated heterocycles. The van der Waals surface area contributed by atoms with Crippen LogP contribution in [-0.4, -0.2) is 51.8 Å². The average molecular weight is 382 g/mol. The summed E-state index contributed by atoms with van der Waals surface area (Å²) in [5.74, 6) is -0.395. The van der Waals surface area contributed by atoms with Crippen LogP contribution in [0.15, 0.2) is 48.5 Å². The molecule has 2 aromatic carbocycles. The molecular formula is C21H26N4O3. The highest BCUT2D eigenvalue weighted by molar-refractivity contribution is 5.97. The second kappa shape index (κ2) is 9.12. The highest BCUT2D eigenvalue weighted by atomic mass is 16.5. The molecule has 148 valence electrons. The van der Waals surface area contributed by atoms with Crippen molar-refractivity contribution in [1.82, 2.24) is 5.32 Å². The number of piperazine rings is 1. The number of para-hydroxylation sites is 1. The molecule has 7 nitrogen and oxygen atoms in total. The van der Waals surface area contributed by atoms with Gasteiger partial charge in [0.1, 0.15) is 0 Å². The van der Waals surface area contributed by atoms with Gasteiger partial charge in [-0.1, -0.05) is 18.2 Å². The third kappa shape index (κ3) is 4.54. The number of esters is 1. The first kappa shape index (κ1) is 19.5. The Kier molecular flexibility index (Phi) is 6.37. The van der Waals surface area contributed by atoms with Crippen molar-refractivity contribution in [1.29, 1.82) is 0 Å². The summed E-state index contributed by atoms with van der Waals surface area (Å²) >= 11 is 0. The zero-order valence-corrected chi connectivity index (χ0v) is 16.3. The van der Waals surface area contributed by atoms with Gasteiger partial charge in [-0.2, -0.15) is 0 Å². The summed E-state index contributed by atoms with van der Waals surface area (Å²) in [5.41, 5.74) is 3.16. The number of methoxy groups -OCH3 is 1. The lowest BCUT2D eigenvalue weighted by atomic mass is 10.1. The summed E-state index contributed by atoms with van der Waals surface area (Å²) in [6.45, 7) is 5.67. The minimum Gasteiger partial charge on any atom is -0.465 e. The summed E-state index contributed by atoms with van der Waals surface area (Å²) in [7, 11) is 1.36. The Bertz CT molecular complexity index is 818. The van der Waals surface area contributed by atoms with E-state index in [4.69, 9.17) is 4.74 Å². The van der Waals surface area contributed by atoms with Gasteiger partial charge in [0, 0.05) is 38.4 Å². The van der Waals surface area contributed by atoms with E-state index >= 15 is 0 Å². The highest BCUT2D eigenvalue weighted by Crippen LogP contribution is 2.29. The average Bonchev–Trinajstić information content (AvgIpc) is 2.74. The number of benzene rings is 2. The van der Waals surface area contributed by atoms with Gasteiger partial charge in [0.05, 0.1) is 24.0 Å². The van der Waals surface area contributed by atoms with E-state index in [1.165, 1.54) is 12.8 Å². The second-order valence-electron chi connectivity index (χ2n) is 6.52. The zero-order chi connectivity index (χ0) is 19.9. The van der Waals surface area contributed by atoms with E-state index in [0.717, 1.165) is 31.9 Å². The number of ether oxygens (including phenoxy) is 1. The second-order valence-corrected chi connectivity index (χ2v) is 6.52. The standard InChI is InChI=1S/C21H26N4O3/c1-3-22-21(27)23-18-10-9-16(20(26)28-2)15-19(18)25-13-11-24(12-14-25)17-7-5-4-6-8-17/h4-10,15H,3,11-14H2,1-2H3,(H2,22,23,27). The first-order valence-corrected chi connectivity index (χ1v) is 9.44. The van der Waals surface area contributed by atoms with E-state index < -0.39 is 5.97 Å². The van der Waals surface area contributed by atoms with Crippen molar-refractivity contribution in [2.75, 3.05) is 55.0 Å². The number of carbonyl (C=O) groups excluding carboxylic acids is 2. The van der Waals surface area contributed by atoms with Crippen LogP contribution in [0.5, 0.6) is 0 Å². The lowest BCUT2D eigenvalue weighted by Crippen LogP contribution is -2.47. The number of rotatable bonds is 5. The Labute approximate surface area is 165 Å². The van der Waals surface area contributed by atoms with E-state index in [9.17, 15) is 9.59 Å². The van der Waals surface area contributed by atoms with Gasteiger partial charge in [0.25, 0.3) is 0 Å². The summed E-state index contributed by atoms with van der Waals surface area (Å²) in [6, 6.07) is 15.2. The van der Waals surface area contributed by atoms with E-state index in [1.54, 1.807) is 18.2 Å². The number of anilines is 3. The van der Waals surface area contributed by atoms with Gasteiger partial charge in [-0.3, -0.25) is 0 Å².